The van der Waals surface area contributed by atoms with Crippen LogP contribution in [-0.4, -0.2) is 156 Å². The van der Waals surface area contributed by atoms with Crippen molar-refractivity contribution in [3.63, 3.8) is 0 Å². The number of pyridine rings is 1. The van der Waals surface area contributed by atoms with E-state index in [1.165, 1.54) is 42.0 Å². The fraction of sp³-hybridized carbons (Fsp3) is 0.583. The monoisotopic (exact) mass is 1080 g/mol. The molecule has 1 saturated heterocycles. The van der Waals surface area contributed by atoms with E-state index in [9.17, 15) is 33.6 Å². The van der Waals surface area contributed by atoms with Crippen LogP contribution < -0.4 is 4.74 Å². The first kappa shape index (κ1) is 63.7. The molecule has 2 heterocycles. The van der Waals surface area contributed by atoms with Gasteiger partial charge in [0, 0.05) is 52.8 Å². The largest absolute Gasteiger partial charge is 0.481 e. The van der Waals surface area contributed by atoms with Gasteiger partial charge in [-0.05, 0) is 98.8 Å². The van der Waals surface area contributed by atoms with E-state index < -0.39 is 96.1 Å². The lowest BCUT2D eigenvalue weighted by Crippen LogP contribution is -2.55. The number of likely N-dealkylation sites (N-methyl/N-ethyl adjacent to an activating group) is 4. The molecule has 0 bridgehead atoms. The third kappa shape index (κ3) is 17.8. The number of rotatable bonds is 15. The summed E-state index contributed by atoms with van der Waals surface area (Å²) in [5.41, 5.74) is 3.99. The van der Waals surface area contributed by atoms with E-state index in [1.807, 2.05) is 92.6 Å². The van der Waals surface area contributed by atoms with Crippen molar-refractivity contribution in [2.75, 3.05) is 35.3 Å². The number of aryl methyl sites for hydroxylation is 1. The predicted molar refractivity (Wildman–Crippen MR) is 294 cm³/mol. The zero-order valence-corrected chi connectivity index (χ0v) is 48.8. The van der Waals surface area contributed by atoms with Gasteiger partial charge in [0.25, 0.3) is 23.6 Å². The molecule has 1 fully saturated rings. The van der Waals surface area contributed by atoms with Gasteiger partial charge in [-0.3, -0.25) is 19.2 Å². The van der Waals surface area contributed by atoms with Gasteiger partial charge in [-0.25, -0.2) is 24.2 Å². The van der Waals surface area contributed by atoms with E-state index in [4.69, 9.17) is 23.7 Å². The molecule has 0 unspecified atom stereocenters. The molecule has 1 aliphatic heterocycles. The SMILES string of the molecule is COc1ccc(Cc2ccc(C[C@H]3OC(=O)[C@H](CC(C)C)N(C)C(=O)[C@@H](C)OC(=O)[C@H](CC(C)C)N(C)C(=O)[C@@H](Cc4ccccc4)OC(=O)[C@H](CC(C)C)N(C)C(=O)[C@@H](C)OC(=O)[C@H](CC(C)C)N(C)C3=O)cc2)c(C)n1. The van der Waals surface area contributed by atoms with Crippen LogP contribution in [0.1, 0.15) is 123 Å². The van der Waals surface area contributed by atoms with Crippen LogP contribution in [0.2, 0.25) is 0 Å². The zero-order valence-electron chi connectivity index (χ0n) is 48.8. The number of hydrogen-bond donors (Lipinski definition) is 0. The molecule has 8 atom stereocenters. The number of methoxy groups -OCH3 is 1. The molecular weight excluding hydrogens is 999 g/mol. The first-order chi connectivity index (χ1) is 36.6. The molecule has 1 aromatic heterocycles. The zero-order chi connectivity index (χ0) is 58.3. The van der Waals surface area contributed by atoms with Crippen LogP contribution in [0.4, 0.5) is 0 Å². The van der Waals surface area contributed by atoms with E-state index in [2.05, 4.69) is 4.98 Å². The second kappa shape index (κ2) is 29.2. The van der Waals surface area contributed by atoms with E-state index in [0.29, 0.717) is 23.4 Å². The van der Waals surface area contributed by atoms with Gasteiger partial charge in [0.2, 0.25) is 5.88 Å². The Morgan fingerprint density at radius 1 is 0.462 bits per heavy atom. The highest BCUT2D eigenvalue weighted by atomic mass is 16.6. The maximum absolute atomic E-state index is 15.0. The highest BCUT2D eigenvalue weighted by Crippen LogP contribution is 2.25. The van der Waals surface area contributed by atoms with Gasteiger partial charge in [0.1, 0.15) is 24.2 Å². The molecule has 4 amide bonds. The number of benzene rings is 2. The van der Waals surface area contributed by atoms with Crippen molar-refractivity contribution in [2.24, 2.45) is 23.7 Å². The van der Waals surface area contributed by atoms with Gasteiger partial charge in [-0.2, -0.15) is 0 Å². The average molecular weight is 1080 g/mol. The van der Waals surface area contributed by atoms with Crippen LogP contribution in [0.15, 0.2) is 66.7 Å². The molecule has 0 aliphatic carbocycles. The number of cyclic esters (lactones) is 4. The molecule has 2 aromatic carbocycles. The number of aromatic nitrogens is 1. The summed E-state index contributed by atoms with van der Waals surface area (Å²) in [5.74, 6) is -6.83. The Hall–Kier alpha value is -6.85. The molecule has 1 aliphatic rings. The van der Waals surface area contributed by atoms with Gasteiger partial charge < -0.3 is 43.3 Å². The molecular formula is C60H85N5O13. The second-order valence-electron chi connectivity index (χ2n) is 22.4. The third-order valence-electron chi connectivity index (χ3n) is 14.0. The highest BCUT2D eigenvalue weighted by Gasteiger charge is 2.43. The minimum atomic E-state index is -1.54. The Bertz CT molecular complexity index is 2520. The molecule has 0 N–H and O–H groups in total. The molecule has 0 spiro atoms. The Kier molecular flexibility index (Phi) is 23.9. The Labute approximate surface area is 461 Å². The molecule has 3 aromatic rings. The molecule has 428 valence electrons. The number of carbonyl (C=O) groups is 8. The summed E-state index contributed by atoms with van der Waals surface area (Å²) < 4.78 is 29.3. The topological polar surface area (TPSA) is 209 Å². The van der Waals surface area contributed by atoms with E-state index in [0.717, 1.165) is 36.4 Å². The summed E-state index contributed by atoms with van der Waals surface area (Å²) in [4.78, 5) is 126. The Balaban J connectivity index is 1.85. The molecule has 18 heteroatoms. The Morgan fingerprint density at radius 2 is 0.795 bits per heavy atom. The van der Waals surface area contributed by atoms with Crippen LogP contribution in [0.3, 0.4) is 0 Å². The molecule has 0 radical (unpaired) electrons. The molecule has 18 nitrogen and oxygen atoms in total. The average Bonchev–Trinajstić information content (AvgIpc) is 3.40. The van der Waals surface area contributed by atoms with Gasteiger partial charge in [0.05, 0.1) is 7.11 Å². The summed E-state index contributed by atoms with van der Waals surface area (Å²) >= 11 is 0. The van der Waals surface area contributed by atoms with Crippen molar-refractivity contribution in [3.8, 4) is 5.88 Å². The summed E-state index contributed by atoms with van der Waals surface area (Å²) in [5, 5.41) is 0. The van der Waals surface area contributed by atoms with Crippen LogP contribution in [0.5, 0.6) is 5.88 Å². The number of hydrogen-bond acceptors (Lipinski definition) is 14. The van der Waals surface area contributed by atoms with Crippen LogP contribution in [0, 0.1) is 30.6 Å². The van der Waals surface area contributed by atoms with Crippen molar-refractivity contribution >= 4 is 47.5 Å². The lowest BCUT2D eigenvalue weighted by atomic mass is 9.98. The van der Waals surface area contributed by atoms with Crippen LogP contribution in [-0.2, 0) is 76.6 Å². The van der Waals surface area contributed by atoms with Crippen molar-refractivity contribution in [3.05, 3.63) is 94.7 Å². The van der Waals surface area contributed by atoms with Gasteiger partial charge in [-0.1, -0.05) is 116 Å². The predicted octanol–water partition coefficient (Wildman–Crippen LogP) is 6.97. The number of nitrogens with zero attached hydrogens (tertiary/aromatic N) is 5. The fourth-order valence-electron chi connectivity index (χ4n) is 9.40. The minimum Gasteiger partial charge on any atom is -0.481 e. The normalized spacial score (nSPS) is 23.4. The van der Waals surface area contributed by atoms with Crippen molar-refractivity contribution in [2.45, 2.75) is 170 Å². The number of ether oxygens (including phenoxy) is 5. The smallest absolute Gasteiger partial charge is 0.329 e. The van der Waals surface area contributed by atoms with E-state index in [1.54, 1.807) is 43.5 Å². The highest BCUT2D eigenvalue weighted by molar-refractivity contribution is 5.94. The van der Waals surface area contributed by atoms with E-state index in [-0.39, 0.29) is 62.2 Å². The maximum atomic E-state index is 15.0. The van der Waals surface area contributed by atoms with E-state index >= 15 is 4.79 Å². The number of esters is 4. The van der Waals surface area contributed by atoms with Crippen molar-refractivity contribution in [1.29, 1.82) is 0 Å². The maximum Gasteiger partial charge on any atom is 0.329 e. The summed E-state index contributed by atoms with van der Waals surface area (Å²) in [6, 6.07) is 14.9. The lowest BCUT2D eigenvalue weighted by Gasteiger charge is -2.35. The second-order valence-corrected chi connectivity index (χ2v) is 22.4. The first-order valence-electron chi connectivity index (χ1n) is 27.1. The number of carbonyl (C=O) groups excluding carboxylic acids is 8. The minimum absolute atomic E-state index is 0.0856. The summed E-state index contributed by atoms with van der Waals surface area (Å²) in [7, 11) is 7.12. The van der Waals surface area contributed by atoms with Crippen LogP contribution >= 0.6 is 0 Å². The van der Waals surface area contributed by atoms with Crippen molar-refractivity contribution in [1.82, 2.24) is 24.6 Å². The third-order valence-corrected chi connectivity index (χ3v) is 14.0. The van der Waals surface area contributed by atoms with Gasteiger partial charge >= 0.3 is 23.9 Å². The first-order valence-corrected chi connectivity index (χ1v) is 27.1. The summed E-state index contributed by atoms with van der Waals surface area (Å²) in [6.45, 7) is 19.4. The lowest BCUT2D eigenvalue weighted by molar-refractivity contribution is -0.176. The standard InChI is InChI=1S/C60H85N5O13/c1-35(2)28-46-57(70)75-41(11)54(67)63(13)49(31-38(7)8)60(73)78-51(34-44-24-22-43(23-25-44)32-45-26-27-52(74-16)61-39(45)9)56(69)65(15)47(29-36(3)4)58(71)76-40(10)53(66)62(12)48(30-37(5)6)59(72)77-50(55(68)64(46)14)33-42-20-18-17-19-21-42/h17-27,35-38,40-41,46-51H,28-34H2,1-16H3/t40-,41-,46+,47+,48+,49+,50-,51-/m1/s1. The molecule has 0 saturated carbocycles. The summed E-state index contributed by atoms with van der Waals surface area (Å²) in [6.07, 6.45) is -5.27. The molecule has 4 rings (SSSR count). The van der Waals surface area contributed by atoms with Crippen molar-refractivity contribution < 1.29 is 62.0 Å². The number of amides is 4. The quantitative estimate of drug-likeness (QED) is 0.111. The fourth-order valence-corrected chi connectivity index (χ4v) is 9.40. The Morgan fingerprint density at radius 3 is 1.14 bits per heavy atom. The van der Waals surface area contributed by atoms with Gasteiger partial charge in [0.15, 0.2) is 24.4 Å². The van der Waals surface area contributed by atoms with Gasteiger partial charge in [-0.15, -0.1) is 0 Å². The van der Waals surface area contributed by atoms with Crippen LogP contribution in [0.25, 0.3) is 0 Å². The molecule has 78 heavy (non-hydrogen) atoms.